The van der Waals surface area contributed by atoms with Gasteiger partial charge < -0.3 is 15.0 Å². The van der Waals surface area contributed by atoms with E-state index in [1.54, 1.807) is 24.3 Å². The van der Waals surface area contributed by atoms with Gasteiger partial charge in [-0.1, -0.05) is 54.8 Å². The molecule has 1 saturated carbocycles. The van der Waals surface area contributed by atoms with Crippen LogP contribution < -0.4 is 5.32 Å². The van der Waals surface area contributed by atoms with Crippen molar-refractivity contribution in [2.75, 3.05) is 26.3 Å². The number of halogens is 1. The van der Waals surface area contributed by atoms with Crippen LogP contribution in [-0.2, 0) is 22.6 Å². The summed E-state index contributed by atoms with van der Waals surface area (Å²) in [6, 6.07) is 15.1. The molecule has 2 amide bonds. The summed E-state index contributed by atoms with van der Waals surface area (Å²) in [4.78, 5) is 31.2. The first-order chi connectivity index (χ1) is 17.1. The van der Waals surface area contributed by atoms with E-state index < -0.39 is 6.04 Å². The van der Waals surface area contributed by atoms with Gasteiger partial charge in [0, 0.05) is 42.8 Å². The molecule has 2 aromatic rings. The van der Waals surface area contributed by atoms with Crippen molar-refractivity contribution in [3.8, 4) is 0 Å². The maximum atomic E-state index is 13.6. The first kappa shape index (κ1) is 24.3. The molecule has 7 heteroatoms. The quantitative estimate of drug-likeness (QED) is 0.650. The molecule has 0 bridgehead atoms. The molecule has 2 heterocycles. The number of likely N-dealkylation sites (tertiary alicyclic amines) is 1. The molecule has 186 valence electrons. The van der Waals surface area contributed by atoms with E-state index in [2.05, 4.69) is 28.4 Å². The Hall–Kier alpha value is -2.41. The maximum absolute atomic E-state index is 13.6. The van der Waals surface area contributed by atoms with Gasteiger partial charge in [-0.2, -0.15) is 0 Å². The minimum Gasteiger partial charge on any atom is -0.379 e. The van der Waals surface area contributed by atoms with Crippen molar-refractivity contribution < 1.29 is 14.3 Å². The highest BCUT2D eigenvalue weighted by Gasteiger charge is 2.47. The summed E-state index contributed by atoms with van der Waals surface area (Å²) in [6.07, 6.45) is 5.05. The lowest BCUT2D eigenvalue weighted by atomic mass is 9.84. The summed E-state index contributed by atoms with van der Waals surface area (Å²) in [5, 5.41) is 3.67. The number of carbonyl (C=O) groups is 2. The Morgan fingerprint density at radius 3 is 2.60 bits per heavy atom. The predicted molar refractivity (Wildman–Crippen MR) is 136 cm³/mol. The fraction of sp³-hybridized carbons (Fsp3) is 0.500. The highest BCUT2D eigenvalue weighted by Crippen LogP contribution is 2.40. The maximum Gasteiger partial charge on any atom is 0.254 e. The predicted octanol–water partition coefficient (Wildman–Crippen LogP) is 4.26. The fourth-order valence-corrected chi connectivity index (χ4v) is 6.11. The van der Waals surface area contributed by atoms with Crippen LogP contribution >= 0.6 is 11.6 Å². The Labute approximate surface area is 212 Å². The standard InChI is InChI=1S/C28H34ClN3O3/c29-24-9-4-8-23(16-24)28(34)32-25-10-2-1-7-22(25)17-26(32)27(33)30-18-20-5-3-6-21(15-20)19-31-11-13-35-14-12-31/h3-6,8-9,15-16,22,25-26H,1-2,7,10-14,17-19H2,(H,30,33)/t22-,25+,26+/m1/s1. The Bertz CT molecular complexity index is 1060. The number of nitrogens with one attached hydrogen (secondary N) is 1. The van der Waals surface area contributed by atoms with E-state index in [0.29, 0.717) is 23.0 Å². The van der Waals surface area contributed by atoms with E-state index in [1.165, 1.54) is 12.0 Å². The molecule has 1 N–H and O–H groups in total. The minimum absolute atomic E-state index is 0.0617. The second-order valence-corrected chi connectivity index (χ2v) is 10.4. The lowest BCUT2D eigenvalue weighted by molar-refractivity contribution is -0.125. The average Bonchev–Trinajstić information content (AvgIpc) is 3.27. The third kappa shape index (κ3) is 5.71. The van der Waals surface area contributed by atoms with Gasteiger partial charge in [0.25, 0.3) is 5.91 Å². The summed E-state index contributed by atoms with van der Waals surface area (Å²) in [5.41, 5.74) is 2.87. The van der Waals surface area contributed by atoms with E-state index >= 15 is 0 Å². The van der Waals surface area contributed by atoms with Crippen molar-refractivity contribution in [2.24, 2.45) is 5.92 Å². The van der Waals surface area contributed by atoms with Crippen molar-refractivity contribution in [3.63, 3.8) is 0 Å². The number of ether oxygens (including phenoxy) is 1. The van der Waals surface area contributed by atoms with E-state index in [0.717, 1.165) is 64.1 Å². The van der Waals surface area contributed by atoms with Crippen molar-refractivity contribution in [1.82, 2.24) is 15.1 Å². The Kier molecular flexibility index (Phi) is 7.71. The second kappa shape index (κ2) is 11.1. The summed E-state index contributed by atoms with van der Waals surface area (Å²) >= 11 is 6.16. The van der Waals surface area contributed by atoms with Gasteiger partial charge in [0.2, 0.25) is 5.91 Å². The van der Waals surface area contributed by atoms with Crippen molar-refractivity contribution in [3.05, 3.63) is 70.2 Å². The number of amides is 2. The van der Waals surface area contributed by atoms with Crippen LogP contribution in [0.3, 0.4) is 0 Å². The van der Waals surface area contributed by atoms with E-state index in [4.69, 9.17) is 16.3 Å². The zero-order valence-corrected chi connectivity index (χ0v) is 20.9. The van der Waals surface area contributed by atoms with E-state index in [1.807, 2.05) is 11.0 Å². The third-order valence-corrected chi connectivity index (χ3v) is 7.90. The van der Waals surface area contributed by atoms with E-state index in [-0.39, 0.29) is 17.9 Å². The number of hydrogen-bond donors (Lipinski definition) is 1. The largest absolute Gasteiger partial charge is 0.379 e. The molecule has 3 fully saturated rings. The molecule has 2 aromatic carbocycles. The number of carbonyl (C=O) groups excluding carboxylic acids is 2. The number of hydrogen-bond acceptors (Lipinski definition) is 4. The highest BCUT2D eigenvalue weighted by molar-refractivity contribution is 6.31. The van der Waals surface area contributed by atoms with Crippen LogP contribution in [0.2, 0.25) is 5.02 Å². The van der Waals surface area contributed by atoms with Gasteiger partial charge in [0.15, 0.2) is 0 Å². The van der Waals surface area contributed by atoms with Gasteiger partial charge in [-0.15, -0.1) is 0 Å². The molecule has 2 aliphatic heterocycles. The monoisotopic (exact) mass is 495 g/mol. The molecule has 35 heavy (non-hydrogen) atoms. The summed E-state index contributed by atoms with van der Waals surface area (Å²) in [5.74, 6) is 0.238. The lowest BCUT2D eigenvalue weighted by Crippen LogP contribution is -2.49. The van der Waals surface area contributed by atoms with Gasteiger partial charge in [-0.05, 0) is 54.5 Å². The average molecular weight is 496 g/mol. The summed E-state index contributed by atoms with van der Waals surface area (Å²) in [7, 11) is 0. The molecule has 3 atom stereocenters. The van der Waals surface area contributed by atoms with Crippen LogP contribution in [0.5, 0.6) is 0 Å². The highest BCUT2D eigenvalue weighted by atomic mass is 35.5. The molecule has 3 aliphatic rings. The molecule has 5 rings (SSSR count). The van der Waals surface area contributed by atoms with Crippen molar-refractivity contribution >= 4 is 23.4 Å². The number of morpholine rings is 1. The first-order valence-corrected chi connectivity index (χ1v) is 13.2. The molecule has 0 unspecified atom stereocenters. The number of fused-ring (bicyclic) bond motifs is 1. The summed E-state index contributed by atoms with van der Waals surface area (Å²) < 4.78 is 5.45. The molecule has 0 spiro atoms. The molecule has 2 saturated heterocycles. The zero-order chi connectivity index (χ0) is 24.2. The van der Waals surface area contributed by atoms with Gasteiger partial charge in [-0.25, -0.2) is 0 Å². The van der Waals surface area contributed by atoms with Crippen LogP contribution in [0, 0.1) is 5.92 Å². The number of benzene rings is 2. The number of nitrogens with zero attached hydrogens (tertiary/aromatic N) is 2. The second-order valence-electron chi connectivity index (χ2n) is 10.0. The smallest absolute Gasteiger partial charge is 0.254 e. The molecule has 0 radical (unpaired) electrons. The van der Waals surface area contributed by atoms with Crippen LogP contribution in [0.1, 0.15) is 53.6 Å². The topological polar surface area (TPSA) is 61.9 Å². The van der Waals surface area contributed by atoms with E-state index in [9.17, 15) is 9.59 Å². The van der Waals surface area contributed by atoms with Crippen molar-refractivity contribution in [1.29, 1.82) is 0 Å². The van der Waals surface area contributed by atoms with Gasteiger partial charge in [0.1, 0.15) is 6.04 Å². The lowest BCUT2D eigenvalue weighted by Gasteiger charge is -2.33. The van der Waals surface area contributed by atoms with Crippen LogP contribution in [0.15, 0.2) is 48.5 Å². The van der Waals surface area contributed by atoms with Gasteiger partial charge in [-0.3, -0.25) is 14.5 Å². The molecule has 0 aromatic heterocycles. The Morgan fingerprint density at radius 2 is 1.77 bits per heavy atom. The van der Waals surface area contributed by atoms with Crippen LogP contribution in [0.4, 0.5) is 0 Å². The normalized spacial score (nSPS) is 24.7. The molecule has 6 nitrogen and oxygen atoms in total. The Balaban J connectivity index is 1.27. The third-order valence-electron chi connectivity index (χ3n) is 7.66. The molecular formula is C28H34ClN3O3. The first-order valence-electron chi connectivity index (χ1n) is 12.8. The number of rotatable bonds is 6. The Morgan fingerprint density at radius 1 is 1.00 bits per heavy atom. The molecule has 1 aliphatic carbocycles. The zero-order valence-electron chi connectivity index (χ0n) is 20.1. The van der Waals surface area contributed by atoms with Gasteiger partial charge in [0.05, 0.1) is 13.2 Å². The minimum atomic E-state index is -0.439. The van der Waals surface area contributed by atoms with Crippen LogP contribution in [-0.4, -0.2) is 60.0 Å². The fourth-order valence-electron chi connectivity index (χ4n) is 5.92. The van der Waals surface area contributed by atoms with Crippen LogP contribution in [0.25, 0.3) is 0 Å². The molecular weight excluding hydrogens is 462 g/mol. The summed E-state index contributed by atoms with van der Waals surface area (Å²) in [6.45, 7) is 4.80. The van der Waals surface area contributed by atoms with Crippen molar-refractivity contribution in [2.45, 2.75) is 57.3 Å². The van der Waals surface area contributed by atoms with Gasteiger partial charge >= 0.3 is 0 Å². The SMILES string of the molecule is O=C(NCc1cccc(CN2CCOCC2)c1)[C@@H]1C[C@H]2CCCC[C@@H]2N1C(=O)c1cccc(Cl)c1.